The Morgan fingerprint density at radius 2 is 2.38 bits per heavy atom. The van der Waals surface area contributed by atoms with Gasteiger partial charge in [-0.05, 0) is 37.8 Å². The fourth-order valence-electron chi connectivity index (χ4n) is 1.60. The summed E-state index contributed by atoms with van der Waals surface area (Å²) in [6.45, 7) is 4.26. The Kier molecular flexibility index (Phi) is 4.25. The summed E-state index contributed by atoms with van der Waals surface area (Å²) >= 11 is 2.31. The van der Waals surface area contributed by atoms with Crippen molar-refractivity contribution in [3.8, 4) is 0 Å². The van der Waals surface area contributed by atoms with Gasteiger partial charge in [0, 0.05) is 5.70 Å². The van der Waals surface area contributed by atoms with E-state index in [0.29, 0.717) is 0 Å². The van der Waals surface area contributed by atoms with Crippen LogP contribution >= 0.6 is 22.9 Å². The van der Waals surface area contributed by atoms with E-state index in [1.165, 1.54) is 11.3 Å². The van der Waals surface area contributed by atoms with Gasteiger partial charge in [-0.25, -0.2) is 0 Å². The summed E-state index contributed by atoms with van der Waals surface area (Å²) in [5.41, 5.74) is 8.80. The molecule has 0 amide bonds. The molecule has 1 heterocycles. The number of nitrogens with two attached hydrogens (primary N) is 1. The Morgan fingerprint density at radius 1 is 1.69 bits per heavy atom. The fraction of sp³-hybridized carbons (Fsp3) is 0.600. The predicted octanol–water partition coefficient (Wildman–Crippen LogP) is 2.96. The molecule has 0 bridgehead atoms. The van der Waals surface area contributed by atoms with E-state index in [1.54, 1.807) is 0 Å². The molecule has 0 radical (unpaired) electrons. The SMILES string of the molecule is C/C=C\C1=C(CC)CCC(N)N1I. The fourth-order valence-corrected chi connectivity index (χ4v) is 2.38. The van der Waals surface area contributed by atoms with Crippen LogP contribution in [-0.4, -0.2) is 9.28 Å². The number of hydrogen-bond acceptors (Lipinski definition) is 2. The molecule has 74 valence electrons. The van der Waals surface area contributed by atoms with Gasteiger partial charge in [0.25, 0.3) is 0 Å². The van der Waals surface area contributed by atoms with Gasteiger partial charge in [-0.2, -0.15) is 0 Å². The Hall–Kier alpha value is -0.0300. The molecule has 1 aliphatic heterocycles. The van der Waals surface area contributed by atoms with Crippen LogP contribution in [0.15, 0.2) is 23.4 Å². The van der Waals surface area contributed by atoms with Crippen LogP contribution < -0.4 is 5.73 Å². The van der Waals surface area contributed by atoms with Crippen molar-refractivity contribution >= 4 is 22.9 Å². The average molecular weight is 292 g/mol. The van der Waals surface area contributed by atoms with Crippen LogP contribution in [0.3, 0.4) is 0 Å². The highest BCUT2D eigenvalue weighted by atomic mass is 127. The second-order valence-corrected chi connectivity index (χ2v) is 4.30. The Bertz CT molecular complexity index is 233. The van der Waals surface area contributed by atoms with E-state index >= 15 is 0 Å². The lowest BCUT2D eigenvalue weighted by Gasteiger charge is -2.32. The van der Waals surface area contributed by atoms with Gasteiger partial charge < -0.3 is 5.73 Å². The molecule has 0 aromatic rings. The molecular formula is C10H17IN2. The number of allylic oxidation sites excluding steroid dienone is 3. The van der Waals surface area contributed by atoms with Gasteiger partial charge in [0.15, 0.2) is 0 Å². The van der Waals surface area contributed by atoms with Crippen molar-refractivity contribution < 1.29 is 0 Å². The summed E-state index contributed by atoms with van der Waals surface area (Å²) in [7, 11) is 0. The minimum Gasteiger partial charge on any atom is -0.311 e. The maximum Gasteiger partial charge on any atom is 0.0869 e. The molecule has 0 aliphatic carbocycles. The van der Waals surface area contributed by atoms with Crippen LogP contribution in [-0.2, 0) is 0 Å². The first-order chi connectivity index (χ1) is 6.20. The Labute approximate surface area is 94.4 Å². The molecule has 2 N–H and O–H groups in total. The maximum atomic E-state index is 5.97. The van der Waals surface area contributed by atoms with E-state index in [0.717, 1.165) is 19.3 Å². The molecular weight excluding hydrogens is 275 g/mol. The minimum absolute atomic E-state index is 0.182. The van der Waals surface area contributed by atoms with Gasteiger partial charge in [-0.1, -0.05) is 13.0 Å². The van der Waals surface area contributed by atoms with Crippen LogP contribution in [0.4, 0.5) is 0 Å². The van der Waals surface area contributed by atoms with Crippen molar-refractivity contribution in [1.82, 2.24) is 3.11 Å². The average Bonchev–Trinajstić information content (AvgIpc) is 2.14. The van der Waals surface area contributed by atoms with Crippen molar-refractivity contribution in [3.63, 3.8) is 0 Å². The van der Waals surface area contributed by atoms with E-state index in [2.05, 4.69) is 45.1 Å². The molecule has 1 atom stereocenters. The summed E-state index contributed by atoms with van der Waals surface area (Å²) in [4.78, 5) is 0. The molecule has 0 aromatic carbocycles. The summed E-state index contributed by atoms with van der Waals surface area (Å²) in [5, 5.41) is 0. The lowest BCUT2D eigenvalue weighted by atomic mass is 9.99. The molecule has 13 heavy (non-hydrogen) atoms. The van der Waals surface area contributed by atoms with Gasteiger partial charge >= 0.3 is 0 Å². The summed E-state index contributed by atoms with van der Waals surface area (Å²) in [6.07, 6.45) is 7.77. The first-order valence-corrected chi connectivity index (χ1v) is 5.72. The zero-order valence-electron chi connectivity index (χ0n) is 8.26. The molecule has 3 heteroatoms. The lowest BCUT2D eigenvalue weighted by Crippen LogP contribution is -2.37. The van der Waals surface area contributed by atoms with Crippen LogP contribution in [0.5, 0.6) is 0 Å². The van der Waals surface area contributed by atoms with E-state index in [-0.39, 0.29) is 6.17 Å². The van der Waals surface area contributed by atoms with Crippen molar-refractivity contribution in [2.45, 2.75) is 39.3 Å². The third-order valence-electron chi connectivity index (χ3n) is 2.38. The highest BCUT2D eigenvalue weighted by molar-refractivity contribution is 14.1. The van der Waals surface area contributed by atoms with Gasteiger partial charge in [0.05, 0.1) is 29.0 Å². The van der Waals surface area contributed by atoms with E-state index in [9.17, 15) is 0 Å². The summed E-state index contributed by atoms with van der Waals surface area (Å²) < 4.78 is 2.15. The molecule has 0 saturated carbocycles. The second kappa shape index (κ2) is 5.00. The number of nitrogens with zero attached hydrogens (tertiary/aromatic N) is 1. The van der Waals surface area contributed by atoms with Crippen LogP contribution in [0.25, 0.3) is 0 Å². The highest BCUT2D eigenvalue weighted by Gasteiger charge is 2.21. The smallest absolute Gasteiger partial charge is 0.0869 e. The maximum absolute atomic E-state index is 5.97. The standard InChI is InChI=1S/C10H17IN2/c1-3-5-9-8(4-2)6-7-10(12)13(9)11/h3,5,10H,4,6-7,12H2,1-2H3/b5-3-. The Balaban J connectivity index is 2.93. The van der Waals surface area contributed by atoms with Crippen LogP contribution in [0, 0.1) is 0 Å². The van der Waals surface area contributed by atoms with E-state index in [1.807, 2.05) is 6.92 Å². The molecule has 0 fully saturated rings. The number of halogens is 1. The monoisotopic (exact) mass is 292 g/mol. The van der Waals surface area contributed by atoms with Crippen molar-refractivity contribution in [2.24, 2.45) is 5.73 Å². The predicted molar refractivity (Wildman–Crippen MR) is 65.2 cm³/mol. The summed E-state index contributed by atoms with van der Waals surface area (Å²) in [6, 6.07) is 0. The zero-order valence-corrected chi connectivity index (χ0v) is 10.4. The quantitative estimate of drug-likeness (QED) is 0.626. The minimum atomic E-state index is 0.182. The Morgan fingerprint density at radius 3 is 2.92 bits per heavy atom. The molecule has 0 saturated heterocycles. The number of hydrogen-bond donors (Lipinski definition) is 1. The van der Waals surface area contributed by atoms with Crippen molar-refractivity contribution in [2.75, 3.05) is 0 Å². The molecule has 1 rings (SSSR count). The van der Waals surface area contributed by atoms with Gasteiger partial charge in [-0.15, -0.1) is 0 Å². The van der Waals surface area contributed by atoms with Crippen molar-refractivity contribution in [1.29, 1.82) is 0 Å². The van der Waals surface area contributed by atoms with Crippen LogP contribution in [0.2, 0.25) is 0 Å². The molecule has 0 aromatic heterocycles. The largest absolute Gasteiger partial charge is 0.311 e. The lowest BCUT2D eigenvalue weighted by molar-refractivity contribution is 0.402. The van der Waals surface area contributed by atoms with Gasteiger partial charge in [-0.3, -0.25) is 3.11 Å². The van der Waals surface area contributed by atoms with Crippen LogP contribution in [0.1, 0.15) is 33.1 Å². The number of rotatable bonds is 2. The molecule has 1 aliphatic rings. The third-order valence-corrected chi connectivity index (χ3v) is 3.61. The van der Waals surface area contributed by atoms with E-state index < -0.39 is 0 Å². The van der Waals surface area contributed by atoms with E-state index in [4.69, 9.17) is 5.73 Å². The second-order valence-electron chi connectivity index (χ2n) is 3.26. The third kappa shape index (κ3) is 2.47. The first kappa shape index (κ1) is 11.0. The van der Waals surface area contributed by atoms with Gasteiger partial charge in [0.1, 0.15) is 0 Å². The molecule has 2 nitrogen and oxygen atoms in total. The molecule has 0 spiro atoms. The molecule has 1 unspecified atom stereocenters. The topological polar surface area (TPSA) is 29.3 Å². The van der Waals surface area contributed by atoms with Gasteiger partial charge in [0.2, 0.25) is 0 Å². The summed E-state index contributed by atoms with van der Waals surface area (Å²) in [5.74, 6) is 0. The normalized spacial score (nSPS) is 24.6. The first-order valence-electron chi connectivity index (χ1n) is 4.76. The highest BCUT2D eigenvalue weighted by Crippen LogP contribution is 2.30. The van der Waals surface area contributed by atoms with Crippen molar-refractivity contribution in [3.05, 3.63) is 23.4 Å². The zero-order chi connectivity index (χ0) is 9.84.